The van der Waals surface area contributed by atoms with Crippen LogP contribution in [0.25, 0.3) is 11.3 Å². The number of aromatic nitrogens is 2. The predicted molar refractivity (Wildman–Crippen MR) is 109 cm³/mol. The minimum absolute atomic E-state index is 0.0548. The molecule has 28 heavy (non-hydrogen) atoms. The molecule has 1 aromatic carbocycles. The maximum absolute atomic E-state index is 12.4. The van der Waals surface area contributed by atoms with E-state index in [0.29, 0.717) is 12.3 Å². The highest BCUT2D eigenvalue weighted by Gasteiger charge is 2.11. The summed E-state index contributed by atoms with van der Waals surface area (Å²) in [7, 11) is 0. The van der Waals surface area contributed by atoms with Crippen LogP contribution in [-0.4, -0.2) is 9.55 Å². The highest BCUT2D eigenvalue weighted by atomic mass is 16.5. The molecule has 0 saturated carbocycles. The van der Waals surface area contributed by atoms with E-state index in [0.717, 1.165) is 35.4 Å². The Morgan fingerprint density at radius 2 is 1.93 bits per heavy atom. The van der Waals surface area contributed by atoms with E-state index in [4.69, 9.17) is 4.74 Å². The average Bonchev–Trinajstić information content (AvgIpc) is 2.72. The van der Waals surface area contributed by atoms with Crippen molar-refractivity contribution in [3.8, 4) is 23.1 Å². The maximum atomic E-state index is 12.4. The Morgan fingerprint density at radius 1 is 1.14 bits per heavy atom. The smallest absolute Gasteiger partial charge is 0.272 e. The molecule has 0 radical (unpaired) electrons. The minimum Gasteiger partial charge on any atom is -0.487 e. The van der Waals surface area contributed by atoms with Crippen LogP contribution in [0.15, 0.2) is 59.5 Å². The van der Waals surface area contributed by atoms with E-state index in [-0.39, 0.29) is 17.7 Å². The molecule has 0 bridgehead atoms. The number of nitrogens with zero attached hydrogens (tertiary/aromatic N) is 3. The highest BCUT2D eigenvalue weighted by molar-refractivity contribution is 5.59. The largest absolute Gasteiger partial charge is 0.487 e. The Morgan fingerprint density at radius 3 is 2.61 bits per heavy atom. The molecule has 0 aliphatic heterocycles. The molecular formula is C23H23N3O2. The van der Waals surface area contributed by atoms with E-state index in [2.05, 4.69) is 11.9 Å². The fraction of sp³-hybridized carbons (Fsp3) is 0.261. The molecule has 142 valence electrons. The third-order valence-corrected chi connectivity index (χ3v) is 4.52. The van der Waals surface area contributed by atoms with Gasteiger partial charge < -0.3 is 9.30 Å². The third kappa shape index (κ3) is 4.47. The molecule has 5 heteroatoms. The summed E-state index contributed by atoms with van der Waals surface area (Å²) in [5.74, 6) is 0.324. The second-order valence-corrected chi connectivity index (χ2v) is 6.67. The van der Waals surface area contributed by atoms with E-state index in [1.807, 2.05) is 55.5 Å². The fourth-order valence-corrected chi connectivity index (χ4v) is 2.92. The van der Waals surface area contributed by atoms with Crippen LogP contribution in [0.4, 0.5) is 0 Å². The summed E-state index contributed by atoms with van der Waals surface area (Å²) in [6, 6.07) is 17.5. The standard InChI is InChI=1S/C23H23N3O2/c1-3-4-13-26-14-12-22(20(15-24)23(26)27)28-16-18-8-10-19(11-9-18)21-7-5-6-17(2)25-21/h5-12,14H,3-4,13,16H2,1-2H3. The first-order chi connectivity index (χ1) is 13.6. The number of nitriles is 1. The van der Waals surface area contributed by atoms with Gasteiger partial charge in [-0.3, -0.25) is 9.78 Å². The van der Waals surface area contributed by atoms with E-state index in [9.17, 15) is 10.1 Å². The van der Waals surface area contributed by atoms with Crippen molar-refractivity contribution in [1.29, 1.82) is 5.26 Å². The molecule has 0 aliphatic rings. The number of pyridine rings is 2. The molecule has 0 fully saturated rings. The summed E-state index contributed by atoms with van der Waals surface area (Å²) >= 11 is 0. The Hall–Kier alpha value is -3.39. The molecule has 2 heterocycles. The molecule has 0 amide bonds. The van der Waals surface area contributed by atoms with Gasteiger partial charge >= 0.3 is 0 Å². The van der Waals surface area contributed by atoms with Crippen LogP contribution in [0.1, 0.15) is 36.6 Å². The second-order valence-electron chi connectivity index (χ2n) is 6.67. The monoisotopic (exact) mass is 373 g/mol. The first-order valence-corrected chi connectivity index (χ1v) is 9.41. The van der Waals surface area contributed by atoms with Crippen molar-refractivity contribution in [2.24, 2.45) is 0 Å². The zero-order valence-electron chi connectivity index (χ0n) is 16.2. The van der Waals surface area contributed by atoms with Crippen molar-refractivity contribution in [3.63, 3.8) is 0 Å². The van der Waals surface area contributed by atoms with Crippen molar-refractivity contribution in [1.82, 2.24) is 9.55 Å². The summed E-state index contributed by atoms with van der Waals surface area (Å²) < 4.78 is 7.34. The summed E-state index contributed by atoms with van der Waals surface area (Å²) in [4.78, 5) is 16.9. The number of hydrogen-bond donors (Lipinski definition) is 0. The Bertz CT molecular complexity index is 1050. The molecule has 3 rings (SSSR count). The van der Waals surface area contributed by atoms with Gasteiger partial charge in [0.15, 0.2) is 5.56 Å². The molecule has 0 atom stereocenters. The van der Waals surface area contributed by atoms with Gasteiger partial charge in [0.2, 0.25) is 0 Å². The summed E-state index contributed by atoms with van der Waals surface area (Å²) in [5.41, 5.74) is 3.64. The number of aryl methyl sites for hydroxylation is 2. The van der Waals surface area contributed by atoms with Gasteiger partial charge in [0, 0.05) is 24.0 Å². The van der Waals surface area contributed by atoms with Gasteiger partial charge in [-0.25, -0.2) is 0 Å². The molecule has 0 N–H and O–H groups in total. The van der Waals surface area contributed by atoms with Gasteiger partial charge in [0.1, 0.15) is 18.4 Å². The Balaban J connectivity index is 1.73. The average molecular weight is 373 g/mol. The van der Waals surface area contributed by atoms with Gasteiger partial charge in [-0.15, -0.1) is 0 Å². The van der Waals surface area contributed by atoms with E-state index >= 15 is 0 Å². The number of rotatable bonds is 7. The van der Waals surface area contributed by atoms with Crippen LogP contribution < -0.4 is 10.3 Å². The van der Waals surface area contributed by atoms with Crippen molar-refractivity contribution in [2.75, 3.05) is 0 Å². The van der Waals surface area contributed by atoms with Crippen LogP contribution in [0.3, 0.4) is 0 Å². The van der Waals surface area contributed by atoms with Crippen LogP contribution in [0, 0.1) is 18.3 Å². The van der Waals surface area contributed by atoms with Crippen molar-refractivity contribution in [3.05, 3.63) is 81.9 Å². The van der Waals surface area contributed by atoms with Crippen LogP contribution >= 0.6 is 0 Å². The zero-order valence-corrected chi connectivity index (χ0v) is 16.2. The summed E-state index contributed by atoms with van der Waals surface area (Å²) in [6.07, 6.45) is 3.58. The molecule has 0 saturated heterocycles. The second kappa shape index (κ2) is 9.01. The molecule has 2 aromatic heterocycles. The number of hydrogen-bond acceptors (Lipinski definition) is 4. The first kappa shape index (κ1) is 19.4. The van der Waals surface area contributed by atoms with Crippen molar-refractivity contribution in [2.45, 2.75) is 39.8 Å². The van der Waals surface area contributed by atoms with Crippen LogP contribution in [-0.2, 0) is 13.2 Å². The number of ether oxygens (including phenoxy) is 1. The Labute approximate surface area is 164 Å². The highest BCUT2D eigenvalue weighted by Crippen LogP contribution is 2.20. The lowest BCUT2D eigenvalue weighted by molar-refractivity contribution is 0.303. The lowest BCUT2D eigenvalue weighted by Crippen LogP contribution is -2.22. The van der Waals surface area contributed by atoms with Gasteiger partial charge in [-0.2, -0.15) is 5.26 Å². The fourth-order valence-electron chi connectivity index (χ4n) is 2.92. The van der Waals surface area contributed by atoms with Crippen LogP contribution in [0.5, 0.6) is 5.75 Å². The lowest BCUT2D eigenvalue weighted by Gasteiger charge is -2.11. The minimum atomic E-state index is -0.297. The van der Waals surface area contributed by atoms with Crippen molar-refractivity contribution >= 4 is 0 Å². The SMILES string of the molecule is CCCCn1ccc(OCc2ccc(-c3cccc(C)n3)cc2)c(C#N)c1=O. The molecule has 0 spiro atoms. The van der Waals surface area contributed by atoms with Gasteiger partial charge in [-0.05, 0) is 37.1 Å². The Kier molecular flexibility index (Phi) is 6.23. The molecule has 5 nitrogen and oxygen atoms in total. The molecule has 0 unspecified atom stereocenters. The van der Waals surface area contributed by atoms with Crippen LogP contribution in [0.2, 0.25) is 0 Å². The zero-order chi connectivity index (χ0) is 19.9. The van der Waals surface area contributed by atoms with Crippen molar-refractivity contribution < 1.29 is 4.74 Å². The normalized spacial score (nSPS) is 10.5. The first-order valence-electron chi connectivity index (χ1n) is 9.41. The summed E-state index contributed by atoms with van der Waals surface area (Å²) in [6.45, 7) is 4.93. The van der Waals surface area contributed by atoms with E-state index in [1.165, 1.54) is 0 Å². The number of unbranched alkanes of at least 4 members (excludes halogenated alkanes) is 1. The third-order valence-electron chi connectivity index (χ3n) is 4.52. The molecule has 3 aromatic rings. The van der Waals surface area contributed by atoms with Gasteiger partial charge in [0.25, 0.3) is 5.56 Å². The number of benzene rings is 1. The predicted octanol–water partition coefficient (Wildman–Crippen LogP) is 4.47. The summed E-state index contributed by atoms with van der Waals surface area (Å²) in [5, 5.41) is 9.38. The quantitative estimate of drug-likeness (QED) is 0.613. The van der Waals surface area contributed by atoms with E-state index in [1.54, 1.807) is 16.8 Å². The molecule has 0 aliphatic carbocycles. The van der Waals surface area contributed by atoms with Gasteiger partial charge in [0.05, 0.1) is 5.69 Å². The maximum Gasteiger partial charge on any atom is 0.272 e. The topological polar surface area (TPSA) is 67.9 Å². The molecular weight excluding hydrogens is 350 g/mol. The van der Waals surface area contributed by atoms with E-state index < -0.39 is 0 Å². The van der Waals surface area contributed by atoms with Gasteiger partial charge in [-0.1, -0.05) is 43.7 Å². The lowest BCUT2D eigenvalue weighted by atomic mass is 10.1.